The minimum Gasteiger partial charge on any atom is -0.276 e. The van der Waals surface area contributed by atoms with Gasteiger partial charge in [-0.05, 0) is 17.7 Å². The summed E-state index contributed by atoms with van der Waals surface area (Å²) in [6.45, 7) is 0. The third kappa shape index (κ3) is 2.15. The van der Waals surface area contributed by atoms with Crippen LogP contribution in [0.4, 0.5) is 5.69 Å². The van der Waals surface area contributed by atoms with Crippen molar-refractivity contribution in [2.75, 3.05) is 0 Å². The number of carbonyl (C=O) groups excluding carboxylic acids is 1. The van der Waals surface area contributed by atoms with Gasteiger partial charge < -0.3 is 0 Å². The molecule has 0 spiro atoms. The Morgan fingerprint density at radius 2 is 1.86 bits per heavy atom. The molecule has 0 saturated heterocycles. The number of carbonyl (C=O) groups is 1. The van der Waals surface area contributed by atoms with E-state index in [0.29, 0.717) is 0 Å². The lowest BCUT2D eigenvalue weighted by atomic mass is 10.2. The van der Waals surface area contributed by atoms with Gasteiger partial charge in [-0.2, -0.15) is 0 Å². The molecule has 0 amide bonds. The summed E-state index contributed by atoms with van der Waals surface area (Å²) in [4.78, 5) is 20.5. The second kappa shape index (κ2) is 4.13. The van der Waals surface area contributed by atoms with Gasteiger partial charge in [0, 0.05) is 6.07 Å². The fourth-order valence-electron chi connectivity index (χ4n) is 0.827. The fourth-order valence-corrected chi connectivity index (χ4v) is 1.51. The van der Waals surface area contributed by atoms with Gasteiger partial charge in [0.05, 0.1) is 15.5 Å². The topological polar surface area (TPSA) is 60.2 Å². The zero-order valence-electron chi connectivity index (χ0n) is 6.46. The molecule has 0 saturated carbocycles. The number of nitro groups is 1. The van der Waals surface area contributed by atoms with Crippen molar-refractivity contribution in [3.05, 3.63) is 37.9 Å². The maximum Gasteiger partial charge on any atom is 0.289 e. The number of hydrogen-bond donors (Lipinski definition) is 0. The summed E-state index contributed by atoms with van der Waals surface area (Å²) in [7, 11) is 0. The Hall–Kier alpha value is -0.840. The summed E-state index contributed by atoms with van der Waals surface area (Å²) in [5, 5.41) is 9.31. The van der Waals surface area contributed by atoms with Gasteiger partial charge in [0.25, 0.3) is 10.9 Å². The molecule has 14 heavy (non-hydrogen) atoms. The SMILES string of the molecule is O=C(Cl)c1cc(Cl)c([N+](=O)[O-])cc1Cl. The second-order valence-electron chi connectivity index (χ2n) is 2.31. The highest BCUT2D eigenvalue weighted by molar-refractivity contribution is 6.68. The predicted octanol–water partition coefficient (Wildman–Crippen LogP) is 3.28. The first-order valence-corrected chi connectivity index (χ1v) is 4.40. The van der Waals surface area contributed by atoms with Crippen molar-refractivity contribution in [3.63, 3.8) is 0 Å². The Labute approximate surface area is 93.5 Å². The third-order valence-electron chi connectivity index (χ3n) is 1.44. The monoisotopic (exact) mass is 253 g/mol. The second-order valence-corrected chi connectivity index (χ2v) is 3.47. The van der Waals surface area contributed by atoms with Crippen LogP contribution in [0.5, 0.6) is 0 Å². The lowest BCUT2D eigenvalue weighted by molar-refractivity contribution is -0.384. The Kier molecular flexibility index (Phi) is 3.31. The van der Waals surface area contributed by atoms with Crippen LogP contribution in [0.2, 0.25) is 10.0 Å². The van der Waals surface area contributed by atoms with Gasteiger partial charge in [-0.1, -0.05) is 23.2 Å². The van der Waals surface area contributed by atoms with Crippen LogP contribution < -0.4 is 0 Å². The average Bonchev–Trinajstić information content (AvgIpc) is 2.07. The molecule has 0 heterocycles. The van der Waals surface area contributed by atoms with E-state index in [1.54, 1.807) is 0 Å². The van der Waals surface area contributed by atoms with Gasteiger partial charge in [0.15, 0.2) is 0 Å². The summed E-state index contributed by atoms with van der Waals surface area (Å²) in [5.74, 6) is 0. The molecule has 0 atom stereocenters. The largest absolute Gasteiger partial charge is 0.289 e. The molecular formula is C7H2Cl3NO3. The molecule has 7 heteroatoms. The van der Waals surface area contributed by atoms with E-state index in [4.69, 9.17) is 34.8 Å². The van der Waals surface area contributed by atoms with Gasteiger partial charge >= 0.3 is 0 Å². The van der Waals surface area contributed by atoms with Crippen LogP contribution in [0.1, 0.15) is 10.4 Å². The standard InChI is InChI=1S/C7H2Cl3NO3/c8-4-2-6(11(13)14)5(9)1-3(4)7(10)12/h1-2H. The van der Waals surface area contributed by atoms with Crippen LogP contribution in [0.25, 0.3) is 0 Å². The van der Waals surface area contributed by atoms with Gasteiger partial charge in [0.1, 0.15) is 5.02 Å². The predicted molar refractivity (Wildman–Crippen MR) is 53.3 cm³/mol. The molecule has 1 aromatic rings. The maximum atomic E-state index is 10.8. The highest BCUT2D eigenvalue weighted by atomic mass is 35.5. The molecular weight excluding hydrogens is 252 g/mol. The van der Waals surface area contributed by atoms with Gasteiger partial charge in [-0.25, -0.2) is 0 Å². The van der Waals surface area contributed by atoms with Gasteiger partial charge in [-0.15, -0.1) is 0 Å². The van der Waals surface area contributed by atoms with E-state index in [1.165, 1.54) is 0 Å². The molecule has 4 nitrogen and oxygen atoms in total. The summed E-state index contributed by atoms with van der Waals surface area (Å²) in [6, 6.07) is 2.05. The van der Waals surface area contributed by atoms with Crippen molar-refractivity contribution < 1.29 is 9.72 Å². The van der Waals surface area contributed by atoms with Crippen LogP contribution in [0.15, 0.2) is 12.1 Å². The van der Waals surface area contributed by atoms with Gasteiger partial charge in [0.2, 0.25) is 0 Å². The molecule has 0 aromatic heterocycles. The molecule has 0 aliphatic carbocycles. The minimum atomic E-state index is -0.813. The third-order valence-corrected chi connectivity index (χ3v) is 2.26. The maximum absolute atomic E-state index is 10.8. The Morgan fingerprint density at radius 1 is 1.29 bits per heavy atom. The first-order chi connectivity index (χ1) is 6.43. The van der Waals surface area contributed by atoms with Crippen LogP contribution >= 0.6 is 34.8 Å². The van der Waals surface area contributed by atoms with Crippen molar-refractivity contribution in [2.45, 2.75) is 0 Å². The number of nitro benzene ring substituents is 1. The highest BCUT2D eigenvalue weighted by Crippen LogP contribution is 2.31. The molecule has 1 rings (SSSR count). The lowest BCUT2D eigenvalue weighted by Gasteiger charge is -2.00. The van der Waals surface area contributed by atoms with E-state index in [0.717, 1.165) is 12.1 Å². The molecule has 0 unspecified atom stereocenters. The number of nitrogens with zero attached hydrogens (tertiary/aromatic N) is 1. The average molecular weight is 254 g/mol. The van der Waals surface area contributed by atoms with E-state index in [2.05, 4.69) is 0 Å². The van der Waals surface area contributed by atoms with Gasteiger partial charge in [-0.3, -0.25) is 14.9 Å². The van der Waals surface area contributed by atoms with E-state index in [9.17, 15) is 14.9 Å². The number of halogens is 3. The van der Waals surface area contributed by atoms with E-state index in [-0.39, 0.29) is 21.3 Å². The molecule has 1 aromatic carbocycles. The highest BCUT2D eigenvalue weighted by Gasteiger charge is 2.18. The van der Waals surface area contributed by atoms with E-state index < -0.39 is 10.2 Å². The Morgan fingerprint density at radius 3 is 2.29 bits per heavy atom. The zero-order valence-corrected chi connectivity index (χ0v) is 8.73. The van der Waals surface area contributed by atoms with Crippen molar-refractivity contribution in [2.24, 2.45) is 0 Å². The Bertz CT molecular complexity index is 379. The van der Waals surface area contributed by atoms with Crippen molar-refractivity contribution >= 4 is 45.7 Å². The molecule has 74 valence electrons. The molecule has 0 radical (unpaired) electrons. The van der Waals surface area contributed by atoms with Crippen molar-refractivity contribution in [1.29, 1.82) is 0 Å². The normalized spacial score (nSPS) is 9.93. The fraction of sp³-hybridized carbons (Fsp3) is 0. The molecule has 0 aliphatic rings. The van der Waals surface area contributed by atoms with Crippen LogP contribution in [0.3, 0.4) is 0 Å². The molecule has 0 aliphatic heterocycles. The smallest absolute Gasteiger partial charge is 0.276 e. The van der Waals surface area contributed by atoms with Crippen LogP contribution in [0, 0.1) is 10.1 Å². The van der Waals surface area contributed by atoms with Crippen molar-refractivity contribution in [3.8, 4) is 0 Å². The van der Waals surface area contributed by atoms with Crippen LogP contribution in [-0.4, -0.2) is 10.2 Å². The van der Waals surface area contributed by atoms with E-state index in [1.807, 2.05) is 0 Å². The molecule has 0 fully saturated rings. The van der Waals surface area contributed by atoms with E-state index >= 15 is 0 Å². The first-order valence-electron chi connectivity index (χ1n) is 3.26. The number of rotatable bonds is 2. The lowest BCUT2D eigenvalue weighted by Crippen LogP contribution is -1.95. The molecule has 0 bridgehead atoms. The number of benzene rings is 1. The Balaban J connectivity index is 3.38. The quantitative estimate of drug-likeness (QED) is 0.462. The summed E-state index contributed by atoms with van der Waals surface area (Å²) < 4.78 is 0. The van der Waals surface area contributed by atoms with Crippen LogP contribution in [-0.2, 0) is 0 Å². The minimum absolute atomic E-state index is 0.0519. The first kappa shape index (κ1) is 11.2. The summed E-state index contributed by atoms with van der Waals surface area (Å²) in [5.41, 5.74) is -0.415. The van der Waals surface area contributed by atoms with Crippen molar-refractivity contribution in [1.82, 2.24) is 0 Å². The zero-order chi connectivity index (χ0) is 10.9. The molecule has 0 N–H and O–H groups in total. The summed E-state index contributed by atoms with van der Waals surface area (Å²) in [6.07, 6.45) is 0. The summed E-state index contributed by atoms with van der Waals surface area (Å²) >= 11 is 16.3. The number of hydrogen-bond acceptors (Lipinski definition) is 3.